The first-order chi connectivity index (χ1) is 7.81. The molecule has 8 heteroatoms. The maximum atomic E-state index is 12.6. The molecule has 0 amide bonds. The average molecular weight is 256 g/mol. The fourth-order valence-electron chi connectivity index (χ4n) is 1.35. The fraction of sp³-hybridized carbons (Fsp3) is 0.444. The molecule has 0 saturated carbocycles. The summed E-state index contributed by atoms with van der Waals surface area (Å²) in [6.07, 6.45) is -8.04. The minimum Gasteiger partial charge on any atom is -0.392 e. The molecule has 1 rings (SSSR count). The molecule has 0 aliphatic heterocycles. The molecule has 1 aromatic heterocycles. The van der Waals surface area contributed by atoms with Gasteiger partial charge in [-0.3, -0.25) is 4.98 Å². The number of nitrogens with two attached hydrogens (primary N) is 1. The lowest BCUT2D eigenvalue weighted by atomic mass is 10.0. The van der Waals surface area contributed by atoms with Crippen LogP contribution in [0.5, 0.6) is 0 Å². The number of hydrogen-bond acceptors (Lipinski definition) is 3. The van der Waals surface area contributed by atoms with Crippen molar-refractivity contribution >= 4 is 0 Å². The van der Waals surface area contributed by atoms with Gasteiger partial charge in [0.05, 0.1) is 17.9 Å². The number of alkyl halides is 5. The highest BCUT2D eigenvalue weighted by Gasteiger charge is 2.36. The normalized spacial score (nSPS) is 12.2. The van der Waals surface area contributed by atoms with Crippen molar-refractivity contribution in [1.82, 2.24) is 4.98 Å². The van der Waals surface area contributed by atoms with E-state index in [9.17, 15) is 22.0 Å². The summed E-state index contributed by atoms with van der Waals surface area (Å²) in [4.78, 5) is 3.30. The van der Waals surface area contributed by atoms with Gasteiger partial charge < -0.3 is 10.8 Å². The van der Waals surface area contributed by atoms with E-state index >= 15 is 0 Å². The molecule has 0 spiro atoms. The first-order valence-electron chi connectivity index (χ1n) is 4.50. The van der Waals surface area contributed by atoms with Crippen molar-refractivity contribution in [3.63, 3.8) is 0 Å². The molecule has 0 radical (unpaired) electrons. The Kier molecular flexibility index (Phi) is 3.99. The van der Waals surface area contributed by atoms with Gasteiger partial charge in [-0.15, -0.1) is 0 Å². The first kappa shape index (κ1) is 13.8. The van der Waals surface area contributed by atoms with E-state index in [1.165, 1.54) is 0 Å². The van der Waals surface area contributed by atoms with Gasteiger partial charge in [-0.25, -0.2) is 8.78 Å². The number of aromatic nitrogens is 1. The quantitative estimate of drug-likeness (QED) is 0.813. The molecule has 0 aliphatic carbocycles. The Labute approximate surface area is 93.1 Å². The monoisotopic (exact) mass is 256 g/mol. The molecular formula is C9H9F5N2O. The second-order valence-electron chi connectivity index (χ2n) is 3.19. The van der Waals surface area contributed by atoms with E-state index in [0.717, 1.165) is 0 Å². The summed E-state index contributed by atoms with van der Waals surface area (Å²) in [5.41, 5.74) is 1.46. The standard InChI is InChI=1S/C9H9F5N2O/c10-8(11)7-5(3-17)6(9(12,13)14)1-4(2-15)16-7/h1,8,17H,2-3,15H2. The molecule has 0 aliphatic rings. The van der Waals surface area contributed by atoms with Crippen LogP contribution in [0.25, 0.3) is 0 Å². The summed E-state index contributed by atoms with van der Waals surface area (Å²) in [7, 11) is 0. The molecule has 3 N–H and O–H groups in total. The van der Waals surface area contributed by atoms with Crippen LogP contribution in [-0.2, 0) is 19.3 Å². The SMILES string of the molecule is NCc1cc(C(F)(F)F)c(CO)c(C(F)F)n1. The molecule has 0 bridgehead atoms. The summed E-state index contributed by atoms with van der Waals surface area (Å²) in [5.74, 6) is 0. The molecule has 1 heterocycles. The summed E-state index contributed by atoms with van der Waals surface area (Å²) in [5, 5.41) is 8.77. The number of halogens is 5. The van der Waals surface area contributed by atoms with Crippen molar-refractivity contribution in [3.8, 4) is 0 Å². The molecule has 3 nitrogen and oxygen atoms in total. The zero-order chi connectivity index (χ0) is 13.2. The van der Waals surface area contributed by atoms with E-state index in [-0.39, 0.29) is 5.69 Å². The highest BCUT2D eigenvalue weighted by molar-refractivity contribution is 5.35. The Morgan fingerprint density at radius 2 is 1.94 bits per heavy atom. The van der Waals surface area contributed by atoms with E-state index in [1.807, 2.05) is 0 Å². The summed E-state index contributed by atoms with van der Waals surface area (Å²) in [6, 6.07) is 0.567. The Bertz CT molecular complexity index is 405. The highest BCUT2D eigenvalue weighted by atomic mass is 19.4. The van der Waals surface area contributed by atoms with Crippen molar-refractivity contribution in [1.29, 1.82) is 0 Å². The second-order valence-corrected chi connectivity index (χ2v) is 3.19. The predicted molar refractivity (Wildman–Crippen MR) is 48.0 cm³/mol. The Morgan fingerprint density at radius 1 is 1.35 bits per heavy atom. The molecule has 0 atom stereocenters. The molecule has 0 saturated heterocycles. The number of pyridine rings is 1. The van der Waals surface area contributed by atoms with Crippen LogP contribution in [0.3, 0.4) is 0 Å². The third-order valence-electron chi connectivity index (χ3n) is 2.09. The van der Waals surface area contributed by atoms with Gasteiger partial charge in [0.15, 0.2) is 0 Å². The van der Waals surface area contributed by atoms with E-state index < -0.39 is 42.6 Å². The summed E-state index contributed by atoms with van der Waals surface area (Å²) < 4.78 is 62.7. The molecule has 0 unspecified atom stereocenters. The molecule has 0 aromatic carbocycles. The number of nitrogens with zero attached hydrogens (tertiary/aromatic N) is 1. The van der Waals surface area contributed by atoms with Crippen molar-refractivity contribution in [2.24, 2.45) is 5.73 Å². The van der Waals surface area contributed by atoms with Gasteiger partial charge in [-0.05, 0) is 6.07 Å². The lowest BCUT2D eigenvalue weighted by molar-refractivity contribution is -0.139. The predicted octanol–water partition coefficient (Wildman–Crippen LogP) is 1.99. The van der Waals surface area contributed by atoms with Gasteiger partial charge in [0.1, 0.15) is 5.69 Å². The lowest BCUT2D eigenvalue weighted by Crippen LogP contribution is -2.16. The van der Waals surface area contributed by atoms with Crippen molar-refractivity contribution < 1.29 is 27.1 Å². The van der Waals surface area contributed by atoms with Crippen LogP contribution in [0.15, 0.2) is 6.07 Å². The summed E-state index contributed by atoms with van der Waals surface area (Å²) >= 11 is 0. The zero-order valence-electron chi connectivity index (χ0n) is 8.43. The van der Waals surface area contributed by atoms with Crippen LogP contribution in [0.1, 0.15) is 28.9 Å². The third-order valence-corrected chi connectivity index (χ3v) is 2.09. The van der Waals surface area contributed by atoms with E-state index in [4.69, 9.17) is 10.8 Å². The van der Waals surface area contributed by atoms with E-state index in [0.29, 0.717) is 6.07 Å². The number of hydrogen-bond donors (Lipinski definition) is 2. The molecule has 96 valence electrons. The average Bonchev–Trinajstić information content (AvgIpc) is 2.25. The molecular weight excluding hydrogens is 247 g/mol. The van der Waals surface area contributed by atoms with Gasteiger partial charge in [-0.1, -0.05) is 0 Å². The largest absolute Gasteiger partial charge is 0.416 e. The topological polar surface area (TPSA) is 59.1 Å². The minimum absolute atomic E-state index is 0.301. The Morgan fingerprint density at radius 3 is 2.29 bits per heavy atom. The minimum atomic E-state index is -4.84. The van der Waals surface area contributed by atoms with E-state index in [1.54, 1.807) is 0 Å². The Hall–Kier alpha value is -1.28. The maximum absolute atomic E-state index is 12.6. The smallest absolute Gasteiger partial charge is 0.392 e. The van der Waals surface area contributed by atoms with Crippen molar-refractivity contribution in [2.75, 3.05) is 0 Å². The molecule has 0 fully saturated rings. The van der Waals surface area contributed by atoms with Crippen LogP contribution >= 0.6 is 0 Å². The number of aliphatic hydroxyl groups is 1. The third kappa shape index (κ3) is 2.89. The van der Waals surface area contributed by atoms with E-state index in [2.05, 4.69) is 4.98 Å². The van der Waals surface area contributed by atoms with Gasteiger partial charge >= 0.3 is 6.18 Å². The fourth-order valence-corrected chi connectivity index (χ4v) is 1.35. The highest BCUT2D eigenvalue weighted by Crippen LogP contribution is 2.35. The molecule has 17 heavy (non-hydrogen) atoms. The lowest BCUT2D eigenvalue weighted by Gasteiger charge is -2.16. The zero-order valence-corrected chi connectivity index (χ0v) is 8.43. The van der Waals surface area contributed by atoms with Gasteiger partial charge in [0.2, 0.25) is 0 Å². The van der Waals surface area contributed by atoms with Gasteiger partial charge in [-0.2, -0.15) is 13.2 Å². The van der Waals surface area contributed by atoms with Crippen LogP contribution in [0.4, 0.5) is 22.0 Å². The second kappa shape index (κ2) is 4.92. The van der Waals surface area contributed by atoms with Gasteiger partial charge in [0.25, 0.3) is 6.43 Å². The van der Waals surface area contributed by atoms with Crippen molar-refractivity contribution in [3.05, 3.63) is 28.6 Å². The summed E-state index contributed by atoms with van der Waals surface area (Å²) in [6.45, 7) is -1.55. The molecule has 1 aromatic rings. The first-order valence-corrected chi connectivity index (χ1v) is 4.50. The van der Waals surface area contributed by atoms with Crippen LogP contribution in [0, 0.1) is 0 Å². The van der Waals surface area contributed by atoms with Crippen molar-refractivity contribution in [2.45, 2.75) is 25.8 Å². The Balaban J connectivity index is 3.51. The maximum Gasteiger partial charge on any atom is 0.416 e. The van der Waals surface area contributed by atoms with Gasteiger partial charge in [0, 0.05) is 12.1 Å². The number of rotatable bonds is 3. The van der Waals surface area contributed by atoms with Crippen LogP contribution in [0.2, 0.25) is 0 Å². The van der Waals surface area contributed by atoms with Crippen LogP contribution < -0.4 is 5.73 Å². The number of aliphatic hydroxyl groups excluding tert-OH is 1. The van der Waals surface area contributed by atoms with Crippen LogP contribution in [-0.4, -0.2) is 10.1 Å².